The van der Waals surface area contributed by atoms with Gasteiger partial charge in [0.15, 0.2) is 0 Å². The van der Waals surface area contributed by atoms with Gasteiger partial charge >= 0.3 is 0 Å². The molecule has 0 bridgehead atoms. The summed E-state index contributed by atoms with van der Waals surface area (Å²) in [5.74, 6) is 1.87. The highest BCUT2D eigenvalue weighted by Gasteiger charge is 2.10. The number of hydrogen-bond donors (Lipinski definition) is 0. The molecule has 0 saturated heterocycles. The van der Waals surface area contributed by atoms with Gasteiger partial charge in [0.1, 0.15) is 11.5 Å². The summed E-state index contributed by atoms with van der Waals surface area (Å²) in [6.07, 6.45) is 2.93. The SMILES string of the molecule is CCCc1cc(OC)c(CCOC)cc1OC. The third-order valence-electron chi connectivity index (χ3n) is 2.78. The molecule has 0 amide bonds. The maximum atomic E-state index is 5.42. The zero-order valence-corrected chi connectivity index (χ0v) is 11.2. The lowest BCUT2D eigenvalue weighted by Crippen LogP contribution is -2.01. The molecule has 1 rings (SSSR count). The Bertz CT molecular complexity index is 348. The molecule has 0 fully saturated rings. The Labute approximate surface area is 104 Å². The molecule has 0 radical (unpaired) electrons. The van der Waals surface area contributed by atoms with Crippen molar-refractivity contribution in [2.45, 2.75) is 26.2 Å². The van der Waals surface area contributed by atoms with E-state index >= 15 is 0 Å². The van der Waals surface area contributed by atoms with Crippen LogP contribution < -0.4 is 9.47 Å². The van der Waals surface area contributed by atoms with Crippen molar-refractivity contribution in [3.8, 4) is 11.5 Å². The van der Waals surface area contributed by atoms with E-state index in [1.54, 1.807) is 21.3 Å². The largest absolute Gasteiger partial charge is 0.496 e. The fourth-order valence-corrected chi connectivity index (χ4v) is 1.90. The molecule has 1 aromatic carbocycles. The first-order valence-electron chi connectivity index (χ1n) is 5.99. The number of benzene rings is 1. The number of rotatable bonds is 7. The Balaban J connectivity index is 3.04. The average molecular weight is 238 g/mol. The van der Waals surface area contributed by atoms with Crippen LogP contribution >= 0.6 is 0 Å². The van der Waals surface area contributed by atoms with E-state index in [4.69, 9.17) is 14.2 Å². The second-order valence-electron chi connectivity index (χ2n) is 3.97. The fourth-order valence-electron chi connectivity index (χ4n) is 1.90. The van der Waals surface area contributed by atoms with Crippen molar-refractivity contribution in [3.63, 3.8) is 0 Å². The summed E-state index contributed by atoms with van der Waals surface area (Å²) in [6.45, 7) is 2.84. The molecule has 17 heavy (non-hydrogen) atoms. The zero-order valence-electron chi connectivity index (χ0n) is 11.2. The van der Waals surface area contributed by atoms with Crippen LogP contribution in [0.3, 0.4) is 0 Å². The van der Waals surface area contributed by atoms with Crippen molar-refractivity contribution < 1.29 is 14.2 Å². The second-order valence-corrected chi connectivity index (χ2v) is 3.97. The first-order valence-corrected chi connectivity index (χ1v) is 5.99. The molecule has 0 aliphatic heterocycles. The van der Waals surface area contributed by atoms with Crippen LogP contribution in [0.5, 0.6) is 11.5 Å². The highest BCUT2D eigenvalue weighted by Crippen LogP contribution is 2.30. The molecule has 0 spiro atoms. The summed E-state index contributed by atoms with van der Waals surface area (Å²) in [5, 5.41) is 0. The van der Waals surface area contributed by atoms with Gasteiger partial charge in [0, 0.05) is 12.7 Å². The summed E-state index contributed by atoms with van der Waals surface area (Å²) in [7, 11) is 5.12. The smallest absolute Gasteiger partial charge is 0.122 e. The lowest BCUT2D eigenvalue weighted by molar-refractivity contribution is 0.201. The lowest BCUT2D eigenvalue weighted by Gasteiger charge is -2.14. The van der Waals surface area contributed by atoms with Crippen molar-refractivity contribution in [1.29, 1.82) is 0 Å². The van der Waals surface area contributed by atoms with Crippen molar-refractivity contribution in [3.05, 3.63) is 23.3 Å². The van der Waals surface area contributed by atoms with Gasteiger partial charge in [0.05, 0.1) is 20.8 Å². The van der Waals surface area contributed by atoms with Gasteiger partial charge in [-0.3, -0.25) is 0 Å². The normalized spacial score (nSPS) is 10.4. The number of aryl methyl sites for hydroxylation is 1. The molecule has 3 nitrogen and oxygen atoms in total. The highest BCUT2D eigenvalue weighted by molar-refractivity contribution is 5.46. The zero-order chi connectivity index (χ0) is 12.7. The highest BCUT2D eigenvalue weighted by atomic mass is 16.5. The van der Waals surface area contributed by atoms with Gasteiger partial charge in [-0.25, -0.2) is 0 Å². The molecule has 0 aliphatic rings. The molecule has 0 N–H and O–H groups in total. The van der Waals surface area contributed by atoms with Crippen LogP contribution in [0.2, 0.25) is 0 Å². The van der Waals surface area contributed by atoms with E-state index in [0.29, 0.717) is 6.61 Å². The maximum absolute atomic E-state index is 5.42. The maximum Gasteiger partial charge on any atom is 0.122 e. The Morgan fingerprint density at radius 1 is 0.882 bits per heavy atom. The minimum atomic E-state index is 0.687. The van der Waals surface area contributed by atoms with Crippen LogP contribution in [0, 0.1) is 0 Å². The van der Waals surface area contributed by atoms with Gasteiger partial charge in [-0.2, -0.15) is 0 Å². The molecular weight excluding hydrogens is 216 g/mol. The standard InChI is InChI=1S/C14H22O3/c1-5-6-11-9-14(17-4)12(7-8-15-2)10-13(11)16-3/h9-10H,5-8H2,1-4H3. The number of hydrogen-bond acceptors (Lipinski definition) is 3. The lowest BCUT2D eigenvalue weighted by atomic mass is 10.0. The van der Waals surface area contributed by atoms with Crippen LogP contribution in [0.15, 0.2) is 12.1 Å². The molecule has 0 aromatic heterocycles. The summed E-state index contributed by atoms with van der Waals surface area (Å²) < 4.78 is 15.9. The molecule has 0 saturated carbocycles. The summed E-state index contributed by atoms with van der Waals surface area (Å²) >= 11 is 0. The minimum Gasteiger partial charge on any atom is -0.496 e. The van der Waals surface area contributed by atoms with Crippen LogP contribution in [0.1, 0.15) is 24.5 Å². The molecule has 1 aromatic rings. The van der Waals surface area contributed by atoms with Crippen LogP contribution in [-0.2, 0) is 17.6 Å². The first-order chi connectivity index (χ1) is 8.26. The Kier molecular flexibility index (Phi) is 5.84. The number of methoxy groups -OCH3 is 3. The van der Waals surface area contributed by atoms with Gasteiger partial charge in [-0.15, -0.1) is 0 Å². The van der Waals surface area contributed by atoms with E-state index in [1.165, 1.54) is 5.56 Å². The van der Waals surface area contributed by atoms with E-state index in [1.807, 2.05) is 0 Å². The third-order valence-corrected chi connectivity index (χ3v) is 2.78. The second kappa shape index (κ2) is 7.17. The van der Waals surface area contributed by atoms with Crippen LogP contribution in [0.25, 0.3) is 0 Å². The van der Waals surface area contributed by atoms with Crippen molar-refractivity contribution in [2.75, 3.05) is 27.9 Å². The Morgan fingerprint density at radius 3 is 1.82 bits per heavy atom. The molecule has 96 valence electrons. The Morgan fingerprint density at radius 2 is 1.41 bits per heavy atom. The van der Waals surface area contributed by atoms with E-state index in [2.05, 4.69) is 19.1 Å². The Hall–Kier alpha value is -1.22. The van der Waals surface area contributed by atoms with E-state index in [9.17, 15) is 0 Å². The summed E-state index contributed by atoms with van der Waals surface area (Å²) in [6, 6.07) is 4.14. The van der Waals surface area contributed by atoms with Gasteiger partial charge < -0.3 is 14.2 Å². The minimum absolute atomic E-state index is 0.687. The molecule has 0 heterocycles. The van der Waals surface area contributed by atoms with Crippen molar-refractivity contribution in [1.82, 2.24) is 0 Å². The van der Waals surface area contributed by atoms with E-state index < -0.39 is 0 Å². The molecule has 0 unspecified atom stereocenters. The fraction of sp³-hybridized carbons (Fsp3) is 0.571. The topological polar surface area (TPSA) is 27.7 Å². The van der Waals surface area contributed by atoms with Crippen LogP contribution in [0.4, 0.5) is 0 Å². The van der Waals surface area contributed by atoms with E-state index in [-0.39, 0.29) is 0 Å². The van der Waals surface area contributed by atoms with Crippen molar-refractivity contribution >= 4 is 0 Å². The predicted molar refractivity (Wildman–Crippen MR) is 69.1 cm³/mol. The van der Waals surface area contributed by atoms with Gasteiger partial charge in [-0.1, -0.05) is 13.3 Å². The average Bonchev–Trinajstić information content (AvgIpc) is 2.36. The summed E-state index contributed by atoms with van der Waals surface area (Å²) in [5.41, 5.74) is 2.33. The van der Waals surface area contributed by atoms with Gasteiger partial charge in [-0.05, 0) is 30.5 Å². The molecule has 0 aliphatic carbocycles. The molecule has 0 atom stereocenters. The van der Waals surface area contributed by atoms with Crippen LogP contribution in [-0.4, -0.2) is 27.9 Å². The summed E-state index contributed by atoms with van der Waals surface area (Å²) in [4.78, 5) is 0. The number of ether oxygens (including phenoxy) is 3. The first kappa shape index (κ1) is 13.8. The van der Waals surface area contributed by atoms with Gasteiger partial charge in [0.25, 0.3) is 0 Å². The van der Waals surface area contributed by atoms with Gasteiger partial charge in [0.2, 0.25) is 0 Å². The predicted octanol–water partition coefficient (Wildman–Crippen LogP) is 2.85. The molecular formula is C14H22O3. The molecule has 3 heteroatoms. The monoisotopic (exact) mass is 238 g/mol. The quantitative estimate of drug-likeness (QED) is 0.731. The van der Waals surface area contributed by atoms with Crippen molar-refractivity contribution in [2.24, 2.45) is 0 Å². The van der Waals surface area contributed by atoms with E-state index in [0.717, 1.165) is 36.3 Å². The third kappa shape index (κ3) is 3.63.